The molecule has 0 radical (unpaired) electrons. The van der Waals surface area contributed by atoms with Crippen LogP contribution in [-0.2, 0) is 16.1 Å². The highest BCUT2D eigenvalue weighted by Gasteiger charge is 2.20. The van der Waals surface area contributed by atoms with E-state index < -0.39 is 17.6 Å². The molecule has 124 valence electrons. The van der Waals surface area contributed by atoms with E-state index in [1.54, 1.807) is 19.1 Å². The number of fused-ring (bicyclic) bond motifs is 1. The number of halogens is 1. The lowest BCUT2D eigenvalue weighted by Gasteiger charge is -2.11. The second kappa shape index (κ2) is 6.40. The van der Waals surface area contributed by atoms with Crippen molar-refractivity contribution in [3.8, 4) is 0 Å². The van der Waals surface area contributed by atoms with Gasteiger partial charge in [-0.25, -0.2) is 14.5 Å². The van der Waals surface area contributed by atoms with Crippen molar-refractivity contribution in [2.45, 2.75) is 19.5 Å². The molecule has 8 nitrogen and oxygen atoms in total. The van der Waals surface area contributed by atoms with Crippen molar-refractivity contribution >= 4 is 28.7 Å². The van der Waals surface area contributed by atoms with Gasteiger partial charge in [0.1, 0.15) is 12.4 Å². The Morgan fingerprint density at radius 2 is 2.04 bits per heavy atom. The molecule has 2 heterocycles. The minimum absolute atomic E-state index is 0.0993. The number of carbonyl (C=O) groups excluding carboxylic acids is 1. The van der Waals surface area contributed by atoms with Gasteiger partial charge in [-0.15, -0.1) is 5.10 Å². The molecule has 9 heteroatoms. The first kappa shape index (κ1) is 16.1. The maximum atomic E-state index is 12.5. The summed E-state index contributed by atoms with van der Waals surface area (Å²) < 4.78 is 7.35. The number of carbonyl (C=O) groups is 1. The molecule has 0 saturated heterocycles. The lowest BCUT2D eigenvalue weighted by atomic mass is 10.2. The molecule has 0 bridgehead atoms. The van der Waals surface area contributed by atoms with Crippen molar-refractivity contribution in [2.24, 2.45) is 0 Å². The van der Waals surface area contributed by atoms with Crippen molar-refractivity contribution in [2.75, 3.05) is 7.11 Å². The summed E-state index contributed by atoms with van der Waals surface area (Å²) in [4.78, 5) is 28.3. The van der Waals surface area contributed by atoms with Crippen LogP contribution in [0, 0.1) is 0 Å². The van der Waals surface area contributed by atoms with Crippen LogP contribution in [0.1, 0.15) is 18.5 Å². The molecule has 0 unspecified atom stereocenters. The van der Waals surface area contributed by atoms with E-state index in [0.717, 1.165) is 5.56 Å². The fraction of sp³-hybridized carbons (Fsp3) is 0.267. The summed E-state index contributed by atoms with van der Waals surface area (Å²) in [6, 6.07) is 6.47. The molecule has 0 N–H and O–H groups in total. The zero-order valence-electron chi connectivity index (χ0n) is 13.0. The highest BCUT2D eigenvalue weighted by atomic mass is 35.5. The first-order chi connectivity index (χ1) is 11.5. The van der Waals surface area contributed by atoms with Crippen molar-refractivity contribution in [3.63, 3.8) is 0 Å². The summed E-state index contributed by atoms with van der Waals surface area (Å²) in [7, 11) is 1.26. The van der Waals surface area contributed by atoms with E-state index in [-0.39, 0.29) is 5.52 Å². The third-order valence-electron chi connectivity index (χ3n) is 3.66. The Bertz CT molecular complexity index is 948. The zero-order valence-corrected chi connectivity index (χ0v) is 13.8. The molecule has 0 spiro atoms. The van der Waals surface area contributed by atoms with Crippen LogP contribution in [0.3, 0.4) is 0 Å². The molecular weight excluding hydrogens is 334 g/mol. The maximum absolute atomic E-state index is 12.5. The normalized spacial score (nSPS) is 12.3. The second-order valence-electron chi connectivity index (χ2n) is 5.20. The summed E-state index contributed by atoms with van der Waals surface area (Å²) in [6.07, 6.45) is 1.30. The van der Waals surface area contributed by atoms with Crippen molar-refractivity contribution in [1.82, 2.24) is 24.5 Å². The summed E-state index contributed by atoms with van der Waals surface area (Å²) in [5.74, 6) is -0.535. The van der Waals surface area contributed by atoms with Gasteiger partial charge < -0.3 is 4.74 Å². The van der Waals surface area contributed by atoms with E-state index in [1.807, 2.05) is 12.1 Å². The van der Waals surface area contributed by atoms with Crippen LogP contribution in [-0.4, -0.2) is 37.6 Å². The number of methoxy groups -OCH3 is 1. The van der Waals surface area contributed by atoms with Gasteiger partial charge >= 0.3 is 5.97 Å². The standard InChI is InChI=1S/C15H14ClN5O3/c1-9(15(23)24-2)20-8-17-13-12(14(20)22)18-19-21(13)7-10-3-5-11(16)6-4-10/h3-6,8-9H,7H2,1-2H3/t9-/m1/s1. The van der Waals surface area contributed by atoms with E-state index in [1.165, 1.54) is 22.7 Å². The third-order valence-corrected chi connectivity index (χ3v) is 3.91. The minimum Gasteiger partial charge on any atom is -0.467 e. The predicted octanol–water partition coefficient (Wildman–Crippen LogP) is 1.42. The van der Waals surface area contributed by atoms with Gasteiger partial charge in [0.05, 0.1) is 13.7 Å². The molecule has 24 heavy (non-hydrogen) atoms. The number of benzene rings is 1. The van der Waals surface area contributed by atoms with Gasteiger partial charge in [-0.2, -0.15) is 0 Å². The van der Waals surface area contributed by atoms with Crippen molar-refractivity contribution in [3.05, 3.63) is 51.5 Å². The molecule has 0 aliphatic rings. The Morgan fingerprint density at radius 3 is 2.71 bits per heavy atom. The molecule has 1 aromatic carbocycles. The average molecular weight is 348 g/mol. The number of ether oxygens (including phenoxy) is 1. The first-order valence-electron chi connectivity index (χ1n) is 7.14. The Morgan fingerprint density at radius 1 is 1.33 bits per heavy atom. The van der Waals surface area contributed by atoms with E-state index >= 15 is 0 Å². The van der Waals surface area contributed by atoms with Crippen molar-refractivity contribution < 1.29 is 9.53 Å². The fourth-order valence-electron chi connectivity index (χ4n) is 2.30. The van der Waals surface area contributed by atoms with Crippen LogP contribution in [0.2, 0.25) is 5.02 Å². The first-order valence-corrected chi connectivity index (χ1v) is 7.51. The van der Waals surface area contributed by atoms with E-state index in [4.69, 9.17) is 11.6 Å². The van der Waals surface area contributed by atoms with Crippen LogP contribution < -0.4 is 5.56 Å². The van der Waals surface area contributed by atoms with Gasteiger partial charge in [0, 0.05) is 5.02 Å². The zero-order chi connectivity index (χ0) is 17.3. The van der Waals surface area contributed by atoms with Crippen LogP contribution in [0.5, 0.6) is 0 Å². The Labute approximate surface area is 141 Å². The summed E-state index contributed by atoms with van der Waals surface area (Å²) in [6.45, 7) is 1.95. The molecule has 0 amide bonds. The van der Waals surface area contributed by atoms with E-state index in [2.05, 4.69) is 20.0 Å². The highest BCUT2D eigenvalue weighted by Crippen LogP contribution is 2.13. The van der Waals surface area contributed by atoms with Crippen LogP contribution in [0.4, 0.5) is 0 Å². The largest absolute Gasteiger partial charge is 0.467 e. The molecule has 0 saturated carbocycles. The molecule has 2 aromatic heterocycles. The SMILES string of the molecule is COC(=O)[C@@H](C)n1cnc2c(nnn2Cc2ccc(Cl)cc2)c1=O. The van der Waals surface area contributed by atoms with Crippen LogP contribution in [0.15, 0.2) is 35.4 Å². The van der Waals surface area contributed by atoms with Gasteiger partial charge in [0.2, 0.25) is 0 Å². The molecule has 0 aliphatic carbocycles. The lowest BCUT2D eigenvalue weighted by Crippen LogP contribution is -2.29. The fourth-order valence-corrected chi connectivity index (χ4v) is 2.42. The Hall–Kier alpha value is -2.74. The minimum atomic E-state index is -0.791. The molecule has 3 rings (SSSR count). The van der Waals surface area contributed by atoms with Gasteiger partial charge in [-0.1, -0.05) is 28.9 Å². The number of rotatable bonds is 4. The molecular formula is C15H14ClN5O3. The number of aromatic nitrogens is 5. The van der Waals surface area contributed by atoms with E-state index in [0.29, 0.717) is 17.2 Å². The lowest BCUT2D eigenvalue weighted by molar-refractivity contribution is -0.144. The van der Waals surface area contributed by atoms with Gasteiger partial charge in [-0.3, -0.25) is 9.36 Å². The number of esters is 1. The Kier molecular flexibility index (Phi) is 4.30. The number of hydrogen-bond acceptors (Lipinski definition) is 6. The number of nitrogens with zero attached hydrogens (tertiary/aromatic N) is 5. The average Bonchev–Trinajstić information content (AvgIpc) is 3.00. The van der Waals surface area contributed by atoms with Gasteiger partial charge in [0.25, 0.3) is 5.56 Å². The monoisotopic (exact) mass is 347 g/mol. The third kappa shape index (κ3) is 2.88. The summed E-state index contributed by atoms with van der Waals surface area (Å²) in [5.41, 5.74) is 0.950. The maximum Gasteiger partial charge on any atom is 0.328 e. The molecule has 1 atom stereocenters. The molecule has 3 aromatic rings. The molecule has 0 fully saturated rings. The van der Waals surface area contributed by atoms with Crippen LogP contribution in [0.25, 0.3) is 11.2 Å². The predicted molar refractivity (Wildman–Crippen MR) is 86.9 cm³/mol. The Balaban J connectivity index is 1.99. The van der Waals surface area contributed by atoms with Gasteiger partial charge in [-0.05, 0) is 24.6 Å². The topological polar surface area (TPSA) is 91.9 Å². The van der Waals surface area contributed by atoms with E-state index in [9.17, 15) is 9.59 Å². The quantitative estimate of drug-likeness (QED) is 0.663. The summed E-state index contributed by atoms with van der Waals surface area (Å²) >= 11 is 5.86. The van der Waals surface area contributed by atoms with Crippen molar-refractivity contribution in [1.29, 1.82) is 0 Å². The van der Waals surface area contributed by atoms with Crippen LogP contribution >= 0.6 is 11.6 Å². The smallest absolute Gasteiger partial charge is 0.328 e. The highest BCUT2D eigenvalue weighted by molar-refractivity contribution is 6.30. The summed E-state index contributed by atoms with van der Waals surface area (Å²) in [5, 5.41) is 8.52. The number of hydrogen-bond donors (Lipinski definition) is 0. The molecule has 0 aliphatic heterocycles. The van der Waals surface area contributed by atoms with Gasteiger partial charge in [0.15, 0.2) is 11.2 Å². The second-order valence-corrected chi connectivity index (χ2v) is 5.64.